The molecule has 0 spiro atoms. The first-order valence-electron chi connectivity index (χ1n) is 6.69. The largest absolute Gasteiger partial charge is 0.388 e. The van der Waals surface area contributed by atoms with Crippen LogP contribution in [0.1, 0.15) is 28.8 Å². The Bertz CT molecular complexity index is 573. The van der Waals surface area contributed by atoms with Gasteiger partial charge in [0, 0.05) is 31.3 Å². The standard InChI is InChI=1S/C14H17N3O3/c1-15-9-2-3-10-8(6-9)7-17(14(10)20)11-4-5-12(18)16-13(11)19/h2-3,6,11,13,15,19H,4-5,7H2,1H3,(H,16,18). The molecular weight excluding hydrogens is 258 g/mol. The number of carbonyl (C=O) groups excluding carboxylic acids is 2. The summed E-state index contributed by atoms with van der Waals surface area (Å²) in [6.45, 7) is 0.473. The lowest BCUT2D eigenvalue weighted by Crippen LogP contribution is -2.55. The molecule has 2 atom stereocenters. The van der Waals surface area contributed by atoms with Gasteiger partial charge in [-0.25, -0.2) is 0 Å². The fraction of sp³-hybridized carbons (Fsp3) is 0.429. The van der Waals surface area contributed by atoms with Crippen molar-refractivity contribution in [2.45, 2.75) is 31.7 Å². The molecule has 2 aliphatic rings. The first-order chi connectivity index (χ1) is 9.60. The van der Waals surface area contributed by atoms with Crippen LogP contribution < -0.4 is 10.6 Å². The Morgan fingerprint density at radius 3 is 2.90 bits per heavy atom. The predicted molar refractivity (Wildman–Crippen MR) is 73.0 cm³/mol. The van der Waals surface area contributed by atoms with Crippen molar-refractivity contribution in [1.82, 2.24) is 10.2 Å². The first kappa shape index (κ1) is 12.9. The minimum Gasteiger partial charge on any atom is -0.388 e. The zero-order valence-electron chi connectivity index (χ0n) is 11.2. The number of piperidine rings is 1. The van der Waals surface area contributed by atoms with Gasteiger partial charge >= 0.3 is 0 Å². The summed E-state index contributed by atoms with van der Waals surface area (Å²) in [7, 11) is 1.83. The molecule has 0 aliphatic carbocycles. The number of nitrogens with one attached hydrogen (secondary N) is 2. The third-order valence-electron chi connectivity index (χ3n) is 3.97. The van der Waals surface area contributed by atoms with Crippen LogP contribution in [0.25, 0.3) is 0 Å². The van der Waals surface area contributed by atoms with Gasteiger partial charge in [0.15, 0.2) is 0 Å². The Labute approximate surface area is 116 Å². The predicted octanol–water partition coefficient (Wildman–Crippen LogP) is 0.281. The number of hydrogen-bond donors (Lipinski definition) is 3. The van der Waals surface area contributed by atoms with Crippen molar-refractivity contribution in [3.8, 4) is 0 Å². The number of aliphatic hydroxyl groups is 1. The fourth-order valence-corrected chi connectivity index (χ4v) is 2.86. The van der Waals surface area contributed by atoms with Crippen molar-refractivity contribution >= 4 is 17.5 Å². The van der Waals surface area contributed by atoms with Gasteiger partial charge in [0.1, 0.15) is 6.23 Å². The van der Waals surface area contributed by atoms with Crippen LogP contribution in [0.2, 0.25) is 0 Å². The van der Waals surface area contributed by atoms with E-state index in [4.69, 9.17) is 0 Å². The number of nitrogens with zero attached hydrogens (tertiary/aromatic N) is 1. The van der Waals surface area contributed by atoms with Crippen LogP contribution in [-0.4, -0.2) is 41.1 Å². The second-order valence-electron chi connectivity index (χ2n) is 5.17. The van der Waals surface area contributed by atoms with Gasteiger partial charge in [0.2, 0.25) is 5.91 Å². The summed E-state index contributed by atoms with van der Waals surface area (Å²) in [5.41, 5.74) is 2.58. The highest BCUT2D eigenvalue weighted by molar-refractivity contribution is 5.99. The van der Waals surface area contributed by atoms with E-state index >= 15 is 0 Å². The van der Waals surface area contributed by atoms with Gasteiger partial charge in [-0.05, 0) is 30.2 Å². The summed E-state index contributed by atoms with van der Waals surface area (Å²) in [6, 6.07) is 5.25. The van der Waals surface area contributed by atoms with Crippen LogP contribution in [0.5, 0.6) is 0 Å². The van der Waals surface area contributed by atoms with E-state index in [9.17, 15) is 14.7 Å². The van der Waals surface area contributed by atoms with Crippen LogP contribution >= 0.6 is 0 Å². The van der Waals surface area contributed by atoms with Crippen molar-refractivity contribution in [2.75, 3.05) is 12.4 Å². The third-order valence-corrected chi connectivity index (χ3v) is 3.97. The van der Waals surface area contributed by atoms with Crippen molar-refractivity contribution in [2.24, 2.45) is 0 Å². The molecule has 3 rings (SSSR count). The van der Waals surface area contributed by atoms with E-state index in [0.717, 1.165) is 11.3 Å². The van der Waals surface area contributed by atoms with E-state index in [-0.39, 0.29) is 17.9 Å². The van der Waals surface area contributed by atoms with Gasteiger partial charge in [-0.3, -0.25) is 9.59 Å². The van der Waals surface area contributed by atoms with Crippen molar-refractivity contribution < 1.29 is 14.7 Å². The summed E-state index contributed by atoms with van der Waals surface area (Å²) in [5.74, 6) is -0.252. The maximum atomic E-state index is 12.4. The second-order valence-corrected chi connectivity index (χ2v) is 5.17. The van der Waals surface area contributed by atoms with Crippen molar-refractivity contribution in [3.63, 3.8) is 0 Å². The van der Waals surface area contributed by atoms with Gasteiger partial charge in [0.05, 0.1) is 6.04 Å². The minimum absolute atomic E-state index is 0.0807. The molecule has 6 nitrogen and oxygen atoms in total. The zero-order chi connectivity index (χ0) is 14.3. The quantitative estimate of drug-likeness (QED) is 0.724. The van der Waals surface area contributed by atoms with Crippen molar-refractivity contribution in [1.29, 1.82) is 0 Å². The first-order valence-corrected chi connectivity index (χ1v) is 6.69. The highest BCUT2D eigenvalue weighted by Crippen LogP contribution is 2.29. The summed E-state index contributed by atoms with van der Waals surface area (Å²) in [4.78, 5) is 25.3. The molecule has 0 radical (unpaired) electrons. The van der Waals surface area contributed by atoms with E-state index in [1.807, 2.05) is 19.2 Å². The van der Waals surface area contributed by atoms with E-state index in [0.29, 0.717) is 24.9 Å². The third kappa shape index (κ3) is 2.02. The Morgan fingerprint density at radius 2 is 2.20 bits per heavy atom. The van der Waals surface area contributed by atoms with Gasteiger partial charge in [-0.2, -0.15) is 0 Å². The zero-order valence-corrected chi connectivity index (χ0v) is 11.2. The van der Waals surface area contributed by atoms with E-state index in [1.165, 1.54) is 0 Å². The Morgan fingerprint density at radius 1 is 1.40 bits per heavy atom. The molecular formula is C14H17N3O3. The number of fused-ring (bicyclic) bond motifs is 1. The Hall–Kier alpha value is -2.08. The molecule has 106 valence electrons. The lowest BCUT2D eigenvalue weighted by atomic mass is 10.0. The minimum atomic E-state index is -0.988. The Balaban J connectivity index is 1.84. The molecule has 1 saturated heterocycles. The Kier molecular flexibility index (Phi) is 3.10. The van der Waals surface area contributed by atoms with E-state index < -0.39 is 6.23 Å². The van der Waals surface area contributed by atoms with Gasteiger partial charge in [-0.1, -0.05) is 0 Å². The smallest absolute Gasteiger partial charge is 0.254 e. The van der Waals surface area contributed by atoms with E-state index in [1.54, 1.807) is 11.0 Å². The molecule has 3 N–H and O–H groups in total. The fourth-order valence-electron chi connectivity index (χ4n) is 2.86. The SMILES string of the molecule is CNc1ccc2c(c1)CN(C1CCC(=O)NC1O)C2=O. The van der Waals surface area contributed by atoms with E-state index in [2.05, 4.69) is 10.6 Å². The summed E-state index contributed by atoms with van der Waals surface area (Å²) < 4.78 is 0. The lowest BCUT2D eigenvalue weighted by molar-refractivity contribution is -0.129. The van der Waals surface area contributed by atoms with Gasteiger partial charge in [-0.15, -0.1) is 0 Å². The number of hydrogen-bond acceptors (Lipinski definition) is 4. The molecule has 0 saturated carbocycles. The number of carbonyl (C=O) groups is 2. The molecule has 2 aliphatic heterocycles. The molecule has 6 heteroatoms. The number of rotatable bonds is 2. The molecule has 1 aromatic carbocycles. The average Bonchev–Trinajstić information content (AvgIpc) is 2.75. The molecule has 20 heavy (non-hydrogen) atoms. The molecule has 0 aromatic heterocycles. The molecule has 2 heterocycles. The average molecular weight is 275 g/mol. The highest BCUT2D eigenvalue weighted by atomic mass is 16.3. The van der Waals surface area contributed by atoms with Crippen LogP contribution in [0.15, 0.2) is 18.2 Å². The van der Waals surface area contributed by atoms with Crippen LogP contribution in [0.4, 0.5) is 5.69 Å². The monoisotopic (exact) mass is 275 g/mol. The number of benzene rings is 1. The van der Waals surface area contributed by atoms with Crippen molar-refractivity contribution in [3.05, 3.63) is 29.3 Å². The summed E-state index contributed by atoms with van der Waals surface area (Å²) in [5, 5.41) is 15.5. The molecule has 1 fully saturated rings. The summed E-state index contributed by atoms with van der Waals surface area (Å²) >= 11 is 0. The van der Waals surface area contributed by atoms with Crippen LogP contribution in [0, 0.1) is 0 Å². The van der Waals surface area contributed by atoms with Gasteiger partial charge < -0.3 is 20.6 Å². The number of anilines is 1. The molecule has 2 amide bonds. The normalized spacial score (nSPS) is 25.4. The topological polar surface area (TPSA) is 81.7 Å². The number of aliphatic hydroxyl groups excluding tert-OH is 1. The van der Waals surface area contributed by atoms with Crippen LogP contribution in [-0.2, 0) is 11.3 Å². The maximum absolute atomic E-state index is 12.4. The maximum Gasteiger partial charge on any atom is 0.254 e. The van der Waals surface area contributed by atoms with Crippen LogP contribution in [0.3, 0.4) is 0 Å². The molecule has 0 bridgehead atoms. The lowest BCUT2D eigenvalue weighted by Gasteiger charge is -2.35. The van der Waals surface area contributed by atoms with Gasteiger partial charge in [0.25, 0.3) is 5.91 Å². The summed E-state index contributed by atoms with van der Waals surface area (Å²) in [6.07, 6.45) is -0.159. The highest BCUT2D eigenvalue weighted by Gasteiger charge is 2.38. The second kappa shape index (κ2) is 4.79. The molecule has 1 aromatic rings. The molecule has 2 unspecified atom stereocenters. The number of amides is 2.